The molecule has 0 saturated carbocycles. The van der Waals surface area contributed by atoms with Gasteiger partial charge in [0.2, 0.25) is 0 Å². The molecule has 0 bridgehead atoms. The molecule has 7 heteroatoms. The molecule has 20 heavy (non-hydrogen) atoms. The minimum absolute atomic E-state index is 0.126. The van der Waals surface area contributed by atoms with Crippen molar-refractivity contribution in [2.45, 2.75) is 39.0 Å². The number of pyridine rings is 1. The van der Waals surface area contributed by atoms with E-state index in [9.17, 15) is 13.2 Å². The summed E-state index contributed by atoms with van der Waals surface area (Å²) in [5.41, 5.74) is 0.409. The van der Waals surface area contributed by atoms with Crippen molar-refractivity contribution in [3.63, 3.8) is 0 Å². The van der Waals surface area contributed by atoms with Gasteiger partial charge in [-0.3, -0.25) is 0 Å². The van der Waals surface area contributed by atoms with Gasteiger partial charge in [0.05, 0.1) is 10.7 Å². The van der Waals surface area contributed by atoms with Gasteiger partial charge >= 0.3 is 6.18 Å². The molecule has 1 aromatic rings. The highest BCUT2D eigenvalue weighted by Gasteiger charge is 2.30. The molecule has 0 atom stereocenters. The lowest BCUT2D eigenvalue weighted by Gasteiger charge is -2.23. The van der Waals surface area contributed by atoms with Crippen LogP contribution in [0.25, 0.3) is 0 Å². The van der Waals surface area contributed by atoms with Gasteiger partial charge < -0.3 is 10.2 Å². The molecule has 1 aromatic heterocycles. The highest BCUT2D eigenvalue weighted by Crippen LogP contribution is 2.22. The van der Waals surface area contributed by atoms with Gasteiger partial charge in [0.15, 0.2) is 0 Å². The molecule has 0 unspecified atom stereocenters. The van der Waals surface area contributed by atoms with E-state index in [1.165, 1.54) is 13.1 Å². The first-order valence-electron chi connectivity index (χ1n) is 6.16. The second-order valence-corrected chi connectivity index (χ2v) is 6.08. The Kier molecular flexibility index (Phi) is 5.27. The van der Waals surface area contributed by atoms with Crippen molar-refractivity contribution >= 4 is 17.4 Å². The summed E-state index contributed by atoms with van der Waals surface area (Å²) in [7, 11) is 1.35. The Balaban J connectivity index is 2.85. The summed E-state index contributed by atoms with van der Waals surface area (Å²) < 4.78 is 37.1. The van der Waals surface area contributed by atoms with Crippen LogP contribution in [-0.4, -0.2) is 30.3 Å². The van der Waals surface area contributed by atoms with E-state index < -0.39 is 12.7 Å². The van der Waals surface area contributed by atoms with Gasteiger partial charge in [-0.05, 0) is 32.9 Å². The highest BCUT2D eigenvalue weighted by molar-refractivity contribution is 6.31. The zero-order valence-corrected chi connectivity index (χ0v) is 12.7. The lowest BCUT2D eigenvalue weighted by molar-refractivity contribution is -0.119. The van der Waals surface area contributed by atoms with E-state index in [1.54, 1.807) is 6.07 Å². The smallest absolute Gasteiger partial charge is 0.351 e. The Morgan fingerprint density at radius 2 is 1.85 bits per heavy atom. The van der Waals surface area contributed by atoms with Crippen LogP contribution in [0.4, 0.5) is 19.0 Å². The quantitative estimate of drug-likeness (QED) is 0.920. The number of hydrogen-bond donors (Lipinski definition) is 1. The van der Waals surface area contributed by atoms with Gasteiger partial charge in [0, 0.05) is 19.1 Å². The van der Waals surface area contributed by atoms with Gasteiger partial charge in [0.25, 0.3) is 0 Å². The maximum Gasteiger partial charge on any atom is 0.405 e. The summed E-state index contributed by atoms with van der Waals surface area (Å²) in [4.78, 5) is 5.24. The number of nitrogens with zero attached hydrogens (tertiary/aromatic N) is 2. The van der Waals surface area contributed by atoms with Crippen LogP contribution < -0.4 is 10.2 Å². The number of nitrogens with one attached hydrogen (secondary N) is 1. The van der Waals surface area contributed by atoms with Crippen molar-refractivity contribution in [1.29, 1.82) is 0 Å². The summed E-state index contributed by atoms with van der Waals surface area (Å²) in [5.74, 6) is 0.248. The first kappa shape index (κ1) is 17.0. The summed E-state index contributed by atoms with van der Waals surface area (Å²) in [6.45, 7) is 5.31. The highest BCUT2D eigenvalue weighted by atomic mass is 35.5. The summed E-state index contributed by atoms with van der Waals surface area (Å²) in [6.07, 6.45) is -4.26. The minimum Gasteiger partial charge on any atom is -0.351 e. The lowest BCUT2D eigenvalue weighted by atomic mass is 10.1. The number of anilines is 1. The zero-order chi connectivity index (χ0) is 15.6. The van der Waals surface area contributed by atoms with Gasteiger partial charge in [-0.15, -0.1) is 0 Å². The lowest BCUT2D eigenvalue weighted by Crippen LogP contribution is -2.35. The van der Waals surface area contributed by atoms with Crippen molar-refractivity contribution in [3.05, 3.63) is 22.8 Å². The number of alkyl halides is 3. The van der Waals surface area contributed by atoms with E-state index in [4.69, 9.17) is 11.6 Å². The van der Waals surface area contributed by atoms with Crippen molar-refractivity contribution < 1.29 is 13.2 Å². The Bertz CT molecular complexity index is 455. The molecular weight excluding hydrogens is 291 g/mol. The van der Waals surface area contributed by atoms with Crippen molar-refractivity contribution in [2.75, 3.05) is 18.5 Å². The third kappa shape index (κ3) is 5.96. The van der Waals surface area contributed by atoms with Crippen LogP contribution in [0.5, 0.6) is 0 Å². The average molecular weight is 310 g/mol. The van der Waals surface area contributed by atoms with Crippen LogP contribution in [0.15, 0.2) is 12.1 Å². The molecule has 1 N–H and O–H groups in total. The fourth-order valence-electron chi connectivity index (χ4n) is 1.51. The van der Waals surface area contributed by atoms with Gasteiger partial charge in [0.1, 0.15) is 12.4 Å². The van der Waals surface area contributed by atoms with E-state index >= 15 is 0 Å². The first-order chi connectivity index (χ1) is 8.98. The monoisotopic (exact) mass is 309 g/mol. The van der Waals surface area contributed by atoms with E-state index in [0.717, 1.165) is 4.90 Å². The predicted octanol–water partition coefficient (Wildman–Crippen LogP) is 3.62. The van der Waals surface area contributed by atoms with Crippen LogP contribution in [0.2, 0.25) is 5.02 Å². The molecule has 0 amide bonds. The first-order valence-corrected chi connectivity index (χ1v) is 6.54. The SMILES string of the molecule is CN(CC(F)(F)F)c1ccc(Cl)c(CNC(C)(C)C)n1. The molecule has 0 spiro atoms. The number of halogens is 4. The summed E-state index contributed by atoms with van der Waals surface area (Å²) in [5, 5.41) is 3.64. The maximum atomic E-state index is 12.4. The number of aromatic nitrogens is 1. The van der Waals surface area contributed by atoms with Crippen LogP contribution >= 0.6 is 11.6 Å². The maximum absolute atomic E-state index is 12.4. The third-order valence-electron chi connectivity index (χ3n) is 2.50. The largest absolute Gasteiger partial charge is 0.405 e. The van der Waals surface area contributed by atoms with E-state index in [2.05, 4.69) is 10.3 Å². The van der Waals surface area contributed by atoms with Crippen molar-refractivity contribution in [1.82, 2.24) is 10.3 Å². The Labute approximate surface area is 122 Å². The van der Waals surface area contributed by atoms with E-state index in [1.807, 2.05) is 20.8 Å². The third-order valence-corrected chi connectivity index (χ3v) is 2.84. The van der Waals surface area contributed by atoms with Crippen molar-refractivity contribution in [2.24, 2.45) is 0 Å². The molecule has 0 aliphatic rings. The zero-order valence-electron chi connectivity index (χ0n) is 12.0. The molecule has 0 radical (unpaired) electrons. The standard InChI is InChI=1S/C13H19ClF3N3/c1-12(2,3)18-7-10-9(14)5-6-11(19-10)20(4)8-13(15,16)17/h5-6,18H,7-8H2,1-4H3. The number of rotatable bonds is 4. The normalized spacial score (nSPS) is 12.6. The topological polar surface area (TPSA) is 28.2 Å². The molecule has 1 rings (SSSR count). The van der Waals surface area contributed by atoms with Crippen LogP contribution in [0, 0.1) is 0 Å². The predicted molar refractivity (Wildman–Crippen MR) is 75.2 cm³/mol. The minimum atomic E-state index is -4.26. The van der Waals surface area contributed by atoms with Crippen molar-refractivity contribution in [3.8, 4) is 0 Å². The Hall–Kier alpha value is -1.01. The molecular formula is C13H19ClF3N3. The molecule has 0 fully saturated rings. The fourth-order valence-corrected chi connectivity index (χ4v) is 1.68. The summed E-state index contributed by atoms with van der Waals surface area (Å²) >= 11 is 6.02. The molecule has 0 saturated heterocycles. The Morgan fingerprint density at radius 3 is 2.35 bits per heavy atom. The second kappa shape index (κ2) is 6.18. The molecule has 1 heterocycles. The molecule has 114 valence electrons. The van der Waals surface area contributed by atoms with E-state index in [-0.39, 0.29) is 11.4 Å². The molecule has 3 nitrogen and oxygen atoms in total. The molecule has 0 aromatic carbocycles. The van der Waals surface area contributed by atoms with Crippen LogP contribution in [0.3, 0.4) is 0 Å². The second-order valence-electron chi connectivity index (χ2n) is 5.67. The summed E-state index contributed by atoms with van der Waals surface area (Å²) in [6, 6.07) is 3.05. The van der Waals surface area contributed by atoms with Gasteiger partial charge in [-0.25, -0.2) is 4.98 Å². The van der Waals surface area contributed by atoms with E-state index in [0.29, 0.717) is 17.3 Å². The van der Waals surface area contributed by atoms with Gasteiger partial charge in [-0.2, -0.15) is 13.2 Å². The molecule has 0 aliphatic carbocycles. The molecule has 0 aliphatic heterocycles. The van der Waals surface area contributed by atoms with Crippen LogP contribution in [-0.2, 0) is 6.54 Å². The van der Waals surface area contributed by atoms with Crippen LogP contribution in [0.1, 0.15) is 26.5 Å². The Morgan fingerprint density at radius 1 is 1.25 bits per heavy atom. The fraction of sp³-hybridized carbons (Fsp3) is 0.615. The number of hydrogen-bond acceptors (Lipinski definition) is 3. The van der Waals surface area contributed by atoms with Gasteiger partial charge in [-0.1, -0.05) is 11.6 Å². The average Bonchev–Trinajstić information content (AvgIpc) is 2.24.